The smallest absolute Gasteiger partial charge is 0.315 e. The standard InChI is InChI=1S/C19H25FN4OS/c1-12-18(26-14(3)21-12)13(2)22-19(25)23-16-8-10-24(11-9-16)17-6-4-15(20)5-7-17/h4-7,13,16H,8-11H2,1-3H3,(H2,22,23,25). The van der Waals surface area contributed by atoms with Gasteiger partial charge in [-0.15, -0.1) is 11.3 Å². The Morgan fingerprint density at radius 1 is 1.27 bits per heavy atom. The van der Waals surface area contributed by atoms with Crippen LogP contribution in [-0.4, -0.2) is 30.1 Å². The summed E-state index contributed by atoms with van der Waals surface area (Å²) in [5, 5.41) is 7.10. The Morgan fingerprint density at radius 3 is 2.50 bits per heavy atom. The molecule has 1 aliphatic heterocycles. The normalized spacial score (nSPS) is 16.4. The van der Waals surface area contributed by atoms with E-state index in [1.54, 1.807) is 23.5 Å². The number of rotatable bonds is 4. The van der Waals surface area contributed by atoms with Gasteiger partial charge < -0.3 is 15.5 Å². The third-order valence-electron chi connectivity index (χ3n) is 4.70. The van der Waals surface area contributed by atoms with Crippen molar-refractivity contribution in [2.24, 2.45) is 0 Å². The van der Waals surface area contributed by atoms with Crippen molar-refractivity contribution in [2.75, 3.05) is 18.0 Å². The fraction of sp³-hybridized carbons (Fsp3) is 0.474. The van der Waals surface area contributed by atoms with Crippen LogP contribution in [0.5, 0.6) is 0 Å². The zero-order valence-corrected chi connectivity index (χ0v) is 16.2. The summed E-state index contributed by atoms with van der Waals surface area (Å²) < 4.78 is 13.0. The summed E-state index contributed by atoms with van der Waals surface area (Å²) in [7, 11) is 0. The van der Waals surface area contributed by atoms with Gasteiger partial charge in [-0.3, -0.25) is 0 Å². The third kappa shape index (κ3) is 4.52. The van der Waals surface area contributed by atoms with Crippen LogP contribution in [0.4, 0.5) is 14.9 Å². The molecular weight excluding hydrogens is 351 g/mol. The largest absolute Gasteiger partial charge is 0.371 e. The number of anilines is 1. The van der Waals surface area contributed by atoms with E-state index < -0.39 is 0 Å². The van der Waals surface area contributed by atoms with Crippen molar-refractivity contribution in [3.8, 4) is 0 Å². The van der Waals surface area contributed by atoms with Crippen molar-refractivity contribution >= 4 is 23.1 Å². The highest BCUT2D eigenvalue weighted by Crippen LogP contribution is 2.24. The van der Waals surface area contributed by atoms with Gasteiger partial charge in [0.15, 0.2) is 0 Å². The van der Waals surface area contributed by atoms with E-state index in [0.29, 0.717) is 0 Å². The predicted molar refractivity (Wildman–Crippen MR) is 103 cm³/mol. The summed E-state index contributed by atoms with van der Waals surface area (Å²) in [5.74, 6) is -0.220. The molecule has 26 heavy (non-hydrogen) atoms. The monoisotopic (exact) mass is 376 g/mol. The topological polar surface area (TPSA) is 57.3 Å². The second-order valence-electron chi connectivity index (χ2n) is 6.76. The van der Waals surface area contributed by atoms with E-state index in [2.05, 4.69) is 20.5 Å². The third-order valence-corrected chi connectivity index (χ3v) is 5.96. The first-order valence-electron chi connectivity index (χ1n) is 8.94. The number of carbonyl (C=O) groups is 1. The highest BCUT2D eigenvalue weighted by molar-refractivity contribution is 7.11. The number of thiazole rings is 1. The minimum Gasteiger partial charge on any atom is -0.371 e. The number of hydrogen-bond acceptors (Lipinski definition) is 4. The van der Waals surface area contributed by atoms with E-state index in [1.165, 1.54) is 12.1 Å². The van der Waals surface area contributed by atoms with Crippen LogP contribution in [-0.2, 0) is 0 Å². The molecule has 1 saturated heterocycles. The maximum Gasteiger partial charge on any atom is 0.315 e. The number of urea groups is 1. The summed E-state index contributed by atoms with van der Waals surface area (Å²) in [6.07, 6.45) is 1.75. The van der Waals surface area contributed by atoms with Gasteiger partial charge in [0, 0.05) is 29.7 Å². The van der Waals surface area contributed by atoms with Gasteiger partial charge in [0.2, 0.25) is 0 Å². The number of carbonyl (C=O) groups excluding carboxylic acids is 1. The number of hydrogen-bond donors (Lipinski definition) is 2. The Hall–Kier alpha value is -2.15. The van der Waals surface area contributed by atoms with Crippen molar-refractivity contribution in [2.45, 2.75) is 45.7 Å². The molecule has 1 unspecified atom stereocenters. The molecule has 2 heterocycles. The molecule has 140 valence electrons. The molecule has 1 atom stereocenters. The number of nitrogens with zero attached hydrogens (tertiary/aromatic N) is 2. The summed E-state index contributed by atoms with van der Waals surface area (Å²) in [5.41, 5.74) is 2.01. The van der Waals surface area contributed by atoms with Crippen LogP contribution < -0.4 is 15.5 Å². The molecule has 2 aromatic rings. The number of aryl methyl sites for hydroxylation is 2. The van der Waals surface area contributed by atoms with E-state index in [9.17, 15) is 9.18 Å². The lowest BCUT2D eigenvalue weighted by atomic mass is 10.0. The van der Waals surface area contributed by atoms with Crippen LogP contribution in [0.1, 0.15) is 41.4 Å². The highest BCUT2D eigenvalue weighted by Gasteiger charge is 2.22. The number of amides is 2. The molecule has 0 radical (unpaired) electrons. The average molecular weight is 377 g/mol. The maximum absolute atomic E-state index is 13.0. The van der Waals surface area contributed by atoms with Gasteiger partial charge in [0.25, 0.3) is 0 Å². The molecular formula is C19H25FN4OS. The van der Waals surface area contributed by atoms with Crippen molar-refractivity contribution in [1.82, 2.24) is 15.6 Å². The molecule has 3 rings (SSSR count). The van der Waals surface area contributed by atoms with Crippen LogP contribution in [0.25, 0.3) is 0 Å². The number of aromatic nitrogens is 1. The molecule has 2 amide bonds. The molecule has 1 aliphatic rings. The van der Waals surface area contributed by atoms with Gasteiger partial charge in [-0.25, -0.2) is 14.2 Å². The molecule has 5 nitrogen and oxygen atoms in total. The fourth-order valence-corrected chi connectivity index (χ4v) is 4.30. The number of benzene rings is 1. The van der Waals surface area contributed by atoms with Crippen LogP contribution >= 0.6 is 11.3 Å². The molecule has 0 saturated carbocycles. The molecule has 1 aromatic heterocycles. The SMILES string of the molecule is Cc1nc(C)c(C(C)NC(=O)NC2CCN(c3ccc(F)cc3)CC2)s1. The zero-order valence-electron chi connectivity index (χ0n) is 15.4. The summed E-state index contributed by atoms with van der Waals surface area (Å²) in [6, 6.07) is 6.54. The number of piperidine rings is 1. The van der Waals surface area contributed by atoms with Crippen molar-refractivity contribution in [3.05, 3.63) is 45.7 Å². The summed E-state index contributed by atoms with van der Waals surface area (Å²) in [6.45, 7) is 7.62. The van der Waals surface area contributed by atoms with Gasteiger partial charge in [-0.1, -0.05) is 0 Å². The first-order chi connectivity index (χ1) is 12.4. The molecule has 0 aliphatic carbocycles. The Morgan fingerprint density at radius 2 is 1.92 bits per heavy atom. The first kappa shape index (κ1) is 18.6. The minimum absolute atomic E-state index is 0.0551. The second-order valence-corrected chi connectivity index (χ2v) is 7.99. The second kappa shape index (κ2) is 8.03. The van der Waals surface area contributed by atoms with Gasteiger partial charge in [-0.05, 0) is 57.9 Å². The van der Waals surface area contributed by atoms with Crippen LogP contribution in [0, 0.1) is 19.7 Å². The Kier molecular flexibility index (Phi) is 5.76. The molecule has 0 spiro atoms. The van der Waals surface area contributed by atoms with Crippen LogP contribution in [0.2, 0.25) is 0 Å². The Bertz CT molecular complexity index is 753. The minimum atomic E-state index is -0.220. The van der Waals surface area contributed by atoms with Crippen molar-refractivity contribution in [1.29, 1.82) is 0 Å². The van der Waals surface area contributed by atoms with Crippen LogP contribution in [0.15, 0.2) is 24.3 Å². The van der Waals surface area contributed by atoms with E-state index >= 15 is 0 Å². The van der Waals surface area contributed by atoms with E-state index in [1.807, 2.05) is 20.8 Å². The lowest BCUT2D eigenvalue weighted by Gasteiger charge is -2.34. The zero-order chi connectivity index (χ0) is 18.7. The van der Waals surface area contributed by atoms with Gasteiger partial charge in [0.1, 0.15) is 5.82 Å². The summed E-state index contributed by atoms with van der Waals surface area (Å²) in [4.78, 5) is 20.0. The average Bonchev–Trinajstić information content (AvgIpc) is 2.95. The van der Waals surface area contributed by atoms with E-state index in [-0.39, 0.29) is 23.9 Å². The lowest BCUT2D eigenvalue weighted by molar-refractivity contribution is 0.231. The molecule has 1 aromatic carbocycles. The predicted octanol–water partition coefficient (Wildman–Crippen LogP) is 3.93. The van der Waals surface area contributed by atoms with E-state index in [4.69, 9.17) is 0 Å². The Balaban J connectivity index is 1.47. The number of halogens is 1. The Labute approximate surface area is 157 Å². The van der Waals surface area contributed by atoms with Gasteiger partial charge in [-0.2, -0.15) is 0 Å². The first-order valence-corrected chi connectivity index (χ1v) is 9.75. The summed E-state index contributed by atoms with van der Waals surface area (Å²) >= 11 is 1.62. The van der Waals surface area contributed by atoms with Gasteiger partial charge >= 0.3 is 6.03 Å². The highest BCUT2D eigenvalue weighted by atomic mass is 32.1. The van der Waals surface area contributed by atoms with Crippen LogP contribution in [0.3, 0.4) is 0 Å². The van der Waals surface area contributed by atoms with Gasteiger partial charge in [0.05, 0.1) is 16.7 Å². The van der Waals surface area contributed by atoms with Crippen molar-refractivity contribution < 1.29 is 9.18 Å². The molecule has 2 N–H and O–H groups in total. The maximum atomic E-state index is 13.0. The molecule has 0 bridgehead atoms. The number of nitrogens with one attached hydrogen (secondary N) is 2. The van der Waals surface area contributed by atoms with Crippen molar-refractivity contribution in [3.63, 3.8) is 0 Å². The lowest BCUT2D eigenvalue weighted by Crippen LogP contribution is -2.48. The quantitative estimate of drug-likeness (QED) is 0.850. The molecule has 1 fully saturated rings. The van der Waals surface area contributed by atoms with E-state index in [0.717, 1.165) is 47.2 Å². The molecule has 7 heteroatoms. The fourth-order valence-electron chi connectivity index (χ4n) is 3.37.